The SMILES string of the molecule is C[C](C)CC1(c2ccc(-c3nc4c(cc3-c3ccccc3)N(c3cccnc3)C(=O)CO4)cc2)CCC1. The number of carbonyl (C=O) groups is 1. The van der Waals surface area contributed by atoms with E-state index in [9.17, 15) is 4.79 Å². The molecule has 0 atom stereocenters. The Morgan fingerprint density at radius 3 is 2.41 bits per heavy atom. The summed E-state index contributed by atoms with van der Waals surface area (Å²) in [5, 5.41) is 0. The van der Waals surface area contributed by atoms with Crippen LogP contribution in [-0.4, -0.2) is 22.5 Å². The van der Waals surface area contributed by atoms with Crippen molar-refractivity contribution in [2.45, 2.75) is 44.9 Å². The Labute approximate surface area is 218 Å². The molecule has 1 amide bonds. The zero-order valence-corrected chi connectivity index (χ0v) is 21.3. The van der Waals surface area contributed by atoms with Gasteiger partial charge in [-0.05, 0) is 59.9 Å². The Balaban J connectivity index is 1.47. The number of carbonyl (C=O) groups excluding carboxylic acids is 1. The molecular formula is C32H30N3O2. The maximum atomic E-state index is 12.9. The molecule has 0 bridgehead atoms. The quantitative estimate of drug-likeness (QED) is 0.286. The zero-order valence-electron chi connectivity index (χ0n) is 21.3. The molecule has 1 radical (unpaired) electrons. The minimum atomic E-state index is -0.146. The van der Waals surface area contributed by atoms with E-state index in [1.54, 1.807) is 17.3 Å². The molecule has 5 nitrogen and oxygen atoms in total. The summed E-state index contributed by atoms with van der Waals surface area (Å²) in [6.07, 6.45) is 8.32. The largest absolute Gasteiger partial charge is 0.466 e. The van der Waals surface area contributed by atoms with Gasteiger partial charge in [-0.15, -0.1) is 0 Å². The normalized spacial score (nSPS) is 16.2. The van der Waals surface area contributed by atoms with Crippen molar-refractivity contribution in [3.8, 4) is 28.3 Å². The molecule has 185 valence electrons. The van der Waals surface area contributed by atoms with Gasteiger partial charge in [0.05, 0.1) is 17.6 Å². The molecule has 5 heteroatoms. The summed E-state index contributed by atoms with van der Waals surface area (Å²) in [7, 11) is 0. The number of aromatic nitrogens is 2. The maximum absolute atomic E-state index is 12.9. The van der Waals surface area contributed by atoms with E-state index in [2.05, 4.69) is 55.2 Å². The summed E-state index contributed by atoms with van der Waals surface area (Å²) in [4.78, 5) is 23.8. The monoisotopic (exact) mass is 488 g/mol. The lowest BCUT2D eigenvalue weighted by molar-refractivity contribution is -0.120. The van der Waals surface area contributed by atoms with Gasteiger partial charge in [0.2, 0.25) is 5.88 Å². The fourth-order valence-electron chi connectivity index (χ4n) is 5.74. The minimum absolute atomic E-state index is 0.0622. The van der Waals surface area contributed by atoms with E-state index in [0.717, 1.165) is 28.8 Å². The highest BCUT2D eigenvalue weighted by molar-refractivity contribution is 6.05. The standard InChI is InChI=1S/C32H30N3O2/c1-22(2)19-32(15-7-16-32)25-13-11-24(12-14-25)30-27(23-8-4-3-5-9-23)18-28-31(34-30)37-21-29(36)35(28)26-10-6-17-33-20-26/h3-6,8-14,17-18,20H,7,15-16,19,21H2,1-2H3. The number of ether oxygens (including phenoxy) is 1. The van der Waals surface area contributed by atoms with Gasteiger partial charge in [0.15, 0.2) is 6.61 Å². The number of anilines is 2. The van der Waals surface area contributed by atoms with Crippen molar-refractivity contribution in [1.29, 1.82) is 0 Å². The fourth-order valence-corrected chi connectivity index (χ4v) is 5.74. The van der Waals surface area contributed by atoms with Crippen LogP contribution in [0.5, 0.6) is 5.88 Å². The Morgan fingerprint density at radius 1 is 0.973 bits per heavy atom. The minimum Gasteiger partial charge on any atom is -0.466 e. The van der Waals surface area contributed by atoms with E-state index in [0.29, 0.717) is 17.3 Å². The lowest BCUT2D eigenvalue weighted by Crippen LogP contribution is -2.35. The van der Waals surface area contributed by atoms with Crippen molar-refractivity contribution in [2.75, 3.05) is 11.5 Å². The molecule has 6 rings (SSSR count). The number of benzene rings is 2. The average Bonchev–Trinajstić information content (AvgIpc) is 2.91. The summed E-state index contributed by atoms with van der Waals surface area (Å²) in [5.74, 6) is 1.79. The van der Waals surface area contributed by atoms with Crippen LogP contribution in [0.1, 0.15) is 45.1 Å². The van der Waals surface area contributed by atoms with Crippen LogP contribution < -0.4 is 9.64 Å². The maximum Gasteiger partial charge on any atom is 0.269 e. The number of nitrogens with zero attached hydrogens (tertiary/aromatic N) is 3. The first-order valence-electron chi connectivity index (χ1n) is 12.9. The van der Waals surface area contributed by atoms with Gasteiger partial charge in [0, 0.05) is 17.3 Å². The van der Waals surface area contributed by atoms with E-state index in [1.165, 1.54) is 30.7 Å². The van der Waals surface area contributed by atoms with Gasteiger partial charge < -0.3 is 4.74 Å². The molecule has 1 aliphatic heterocycles. The zero-order chi connectivity index (χ0) is 25.4. The van der Waals surface area contributed by atoms with Crippen LogP contribution in [0.2, 0.25) is 0 Å². The van der Waals surface area contributed by atoms with Gasteiger partial charge >= 0.3 is 0 Å². The van der Waals surface area contributed by atoms with E-state index >= 15 is 0 Å². The predicted molar refractivity (Wildman–Crippen MR) is 147 cm³/mol. The molecule has 1 fully saturated rings. The van der Waals surface area contributed by atoms with Gasteiger partial charge in [-0.3, -0.25) is 14.7 Å². The molecular weight excluding hydrogens is 458 g/mol. The third-order valence-electron chi connectivity index (χ3n) is 7.55. The molecule has 0 spiro atoms. The summed E-state index contributed by atoms with van der Waals surface area (Å²) < 4.78 is 5.86. The number of amides is 1. The molecule has 2 aromatic carbocycles. The van der Waals surface area contributed by atoms with Crippen LogP contribution in [-0.2, 0) is 10.2 Å². The lowest BCUT2D eigenvalue weighted by atomic mass is 9.61. The van der Waals surface area contributed by atoms with E-state index in [1.807, 2.05) is 36.4 Å². The molecule has 4 aromatic rings. The Kier molecular flexibility index (Phi) is 5.99. The summed E-state index contributed by atoms with van der Waals surface area (Å²) in [5.41, 5.74) is 6.88. The average molecular weight is 489 g/mol. The first-order valence-corrected chi connectivity index (χ1v) is 12.9. The number of fused-ring (bicyclic) bond motifs is 1. The Morgan fingerprint density at radius 2 is 1.76 bits per heavy atom. The van der Waals surface area contributed by atoms with Gasteiger partial charge in [-0.1, -0.05) is 74.9 Å². The third-order valence-corrected chi connectivity index (χ3v) is 7.55. The summed E-state index contributed by atoms with van der Waals surface area (Å²) in [6, 6.07) is 24.8. The molecule has 1 saturated carbocycles. The summed E-state index contributed by atoms with van der Waals surface area (Å²) in [6.45, 7) is 4.40. The first-order chi connectivity index (χ1) is 18.0. The second kappa shape index (κ2) is 9.47. The van der Waals surface area contributed by atoms with Crippen molar-refractivity contribution < 1.29 is 9.53 Å². The van der Waals surface area contributed by atoms with Gasteiger partial charge in [-0.2, -0.15) is 0 Å². The lowest BCUT2D eigenvalue weighted by Gasteiger charge is -2.44. The Bertz CT molecular complexity index is 1410. The van der Waals surface area contributed by atoms with Gasteiger partial charge in [0.25, 0.3) is 5.91 Å². The highest BCUT2D eigenvalue weighted by Gasteiger charge is 2.39. The topological polar surface area (TPSA) is 55.3 Å². The first kappa shape index (κ1) is 23.4. The predicted octanol–water partition coefficient (Wildman–Crippen LogP) is 7.29. The number of hydrogen-bond donors (Lipinski definition) is 0. The fraction of sp³-hybridized carbons (Fsp3) is 0.250. The second-order valence-corrected chi connectivity index (χ2v) is 10.4. The molecule has 0 N–H and O–H groups in total. The van der Waals surface area contributed by atoms with Gasteiger partial charge in [0.1, 0.15) is 5.69 Å². The van der Waals surface area contributed by atoms with Gasteiger partial charge in [-0.25, -0.2) is 4.98 Å². The van der Waals surface area contributed by atoms with Crippen molar-refractivity contribution >= 4 is 17.3 Å². The Hall–Kier alpha value is -3.99. The van der Waals surface area contributed by atoms with Crippen LogP contribution in [0.4, 0.5) is 11.4 Å². The highest BCUT2D eigenvalue weighted by Crippen LogP contribution is 2.49. The number of hydrogen-bond acceptors (Lipinski definition) is 4. The van der Waals surface area contributed by atoms with Crippen LogP contribution in [0.3, 0.4) is 0 Å². The summed E-state index contributed by atoms with van der Waals surface area (Å²) >= 11 is 0. The molecule has 37 heavy (non-hydrogen) atoms. The van der Waals surface area contributed by atoms with Crippen molar-refractivity contribution in [2.24, 2.45) is 0 Å². The van der Waals surface area contributed by atoms with E-state index in [-0.39, 0.29) is 17.9 Å². The molecule has 0 saturated heterocycles. The highest BCUT2D eigenvalue weighted by atomic mass is 16.5. The van der Waals surface area contributed by atoms with E-state index in [4.69, 9.17) is 9.72 Å². The second-order valence-electron chi connectivity index (χ2n) is 10.4. The smallest absolute Gasteiger partial charge is 0.269 e. The van der Waals surface area contributed by atoms with Crippen molar-refractivity contribution in [3.63, 3.8) is 0 Å². The molecule has 0 unspecified atom stereocenters. The van der Waals surface area contributed by atoms with Crippen LogP contribution in [0, 0.1) is 5.92 Å². The third kappa shape index (κ3) is 4.29. The molecule has 2 aliphatic rings. The molecule has 1 aliphatic carbocycles. The number of rotatable bonds is 6. The van der Waals surface area contributed by atoms with Crippen LogP contribution in [0.15, 0.2) is 85.2 Å². The van der Waals surface area contributed by atoms with Crippen LogP contribution in [0.25, 0.3) is 22.4 Å². The number of pyridine rings is 2. The van der Waals surface area contributed by atoms with Crippen LogP contribution >= 0.6 is 0 Å². The van der Waals surface area contributed by atoms with Crippen molar-refractivity contribution in [1.82, 2.24) is 9.97 Å². The molecule has 3 heterocycles. The van der Waals surface area contributed by atoms with Crippen molar-refractivity contribution in [3.05, 3.63) is 96.7 Å². The molecule has 2 aromatic heterocycles. The van der Waals surface area contributed by atoms with E-state index < -0.39 is 0 Å².